The molecular formula is C90H68Cu2F6P4S2+4. The number of benzene rings is 16. The smallest absolute Gasteiger partial charge is 0.680 e. The van der Waals surface area contributed by atoms with Gasteiger partial charge in [-0.3, -0.25) is 0 Å². The predicted octanol–water partition coefficient (Wildman–Crippen LogP) is 19.4. The van der Waals surface area contributed by atoms with Crippen molar-refractivity contribution in [1.29, 1.82) is 0 Å². The summed E-state index contributed by atoms with van der Waals surface area (Å²) < 4.78 is 61.0. The molecule has 0 aliphatic heterocycles. The fraction of sp³-hybridized carbons (Fsp3) is 0.0222. The van der Waals surface area contributed by atoms with E-state index in [2.05, 4.69) is 414 Å². The summed E-state index contributed by atoms with van der Waals surface area (Å²) in [5.74, 6) is 0. The third-order valence-electron chi connectivity index (χ3n) is 17.8. The van der Waals surface area contributed by atoms with Crippen molar-refractivity contribution in [2.45, 2.75) is 11.0 Å². The van der Waals surface area contributed by atoms with Crippen molar-refractivity contribution in [3.63, 3.8) is 0 Å². The largest absolute Gasteiger partial charge is 1.00 e. The number of hydrogen-bond acceptors (Lipinski definition) is 2. The molecule has 0 amide bonds. The van der Waals surface area contributed by atoms with Gasteiger partial charge in [0.05, 0.1) is 31.7 Å². The first-order valence-corrected chi connectivity index (χ1v) is 40.1. The molecule has 16 aromatic rings. The third-order valence-corrected chi connectivity index (χ3v) is 28.9. The Bertz CT molecular complexity index is 4590. The van der Waals surface area contributed by atoms with Crippen molar-refractivity contribution < 1.29 is 60.5 Å². The molecule has 0 aliphatic carbocycles. The van der Waals surface area contributed by atoms with E-state index in [1.165, 1.54) is 129 Å². The van der Waals surface area contributed by atoms with Crippen LogP contribution in [-0.2, 0) is 59.4 Å². The van der Waals surface area contributed by atoms with E-state index in [1.807, 2.05) is 0 Å². The zero-order valence-corrected chi connectivity index (χ0v) is 63.2. The molecular weight excluding hydrogens is 1510 g/mol. The molecule has 0 saturated carbocycles. The summed E-state index contributed by atoms with van der Waals surface area (Å²) in [6.07, 6.45) is 0. The Morgan fingerprint density at radius 3 is 0.442 bits per heavy atom. The zero-order valence-electron chi connectivity index (χ0n) is 55.6. The van der Waals surface area contributed by atoms with Crippen LogP contribution in [0.15, 0.2) is 388 Å². The Morgan fingerprint density at radius 1 is 0.173 bits per heavy atom. The van der Waals surface area contributed by atoms with Crippen LogP contribution in [-0.4, -0.2) is 11.0 Å². The van der Waals surface area contributed by atoms with E-state index < -0.39 is 42.7 Å². The van der Waals surface area contributed by atoms with Crippen LogP contribution in [0.2, 0.25) is 0 Å². The number of fused-ring (bicyclic) bond motifs is 4. The Balaban J connectivity index is 0.000000181. The molecule has 0 spiro atoms. The molecule has 520 valence electrons. The summed E-state index contributed by atoms with van der Waals surface area (Å²) in [5, 5.41) is 27.3. The van der Waals surface area contributed by atoms with Crippen molar-refractivity contribution in [1.82, 2.24) is 0 Å². The van der Waals surface area contributed by atoms with Crippen molar-refractivity contribution in [3.8, 4) is 22.3 Å². The van der Waals surface area contributed by atoms with Gasteiger partial charge in [-0.1, -0.05) is 267 Å². The first-order chi connectivity index (χ1) is 49.7. The average molecular weight is 1580 g/mol. The fourth-order valence-corrected chi connectivity index (χ4v) is 24.8. The number of rotatable bonds is 14. The molecule has 0 aromatic heterocycles. The van der Waals surface area contributed by atoms with Gasteiger partial charge in [0.25, 0.3) is 11.0 Å². The van der Waals surface area contributed by atoms with Gasteiger partial charge < -0.3 is 25.3 Å². The summed E-state index contributed by atoms with van der Waals surface area (Å²) in [6, 6.07) is 144. The summed E-state index contributed by atoms with van der Waals surface area (Å²) in [4.78, 5) is 0. The minimum absolute atomic E-state index is 0. The van der Waals surface area contributed by atoms with Crippen molar-refractivity contribution >= 4 is 164 Å². The van der Waals surface area contributed by atoms with Crippen LogP contribution < -0.4 is 63.7 Å². The molecule has 0 N–H and O–H groups in total. The van der Waals surface area contributed by atoms with Crippen molar-refractivity contribution in [2.24, 2.45) is 0 Å². The summed E-state index contributed by atoms with van der Waals surface area (Å²) >= 11 is 5.65. The van der Waals surface area contributed by atoms with Gasteiger partial charge in [-0.2, -0.15) is 26.3 Å². The van der Waals surface area contributed by atoms with Gasteiger partial charge in [-0.05, 0) is 164 Å². The van der Waals surface area contributed by atoms with Gasteiger partial charge in [0.15, 0.2) is 0 Å². The Morgan fingerprint density at radius 2 is 0.298 bits per heavy atom. The fourth-order valence-electron chi connectivity index (χ4n) is 13.7. The maximum Gasteiger partial charge on any atom is 1.00 e. The van der Waals surface area contributed by atoms with E-state index in [1.54, 1.807) is 0 Å². The molecule has 16 rings (SSSR count). The van der Waals surface area contributed by atoms with Gasteiger partial charge in [0, 0.05) is 22.3 Å². The maximum absolute atomic E-state index is 10.2. The summed E-state index contributed by atoms with van der Waals surface area (Å²) in [5.41, 5.74) is -3.33. The second kappa shape index (κ2) is 36.1. The Kier molecular flexibility index (Phi) is 26.6. The predicted molar refractivity (Wildman–Crippen MR) is 441 cm³/mol. The van der Waals surface area contributed by atoms with E-state index in [9.17, 15) is 26.3 Å². The Labute approximate surface area is 640 Å². The molecule has 0 atom stereocenters. The van der Waals surface area contributed by atoms with Gasteiger partial charge in [0.2, 0.25) is 0 Å². The molecule has 104 heavy (non-hydrogen) atoms. The zero-order chi connectivity index (χ0) is 70.4. The summed E-state index contributed by atoms with van der Waals surface area (Å²) in [7, 11) is -5.48. The van der Waals surface area contributed by atoms with Crippen molar-refractivity contribution in [2.75, 3.05) is 0 Å². The van der Waals surface area contributed by atoms with E-state index in [0.717, 1.165) is 0 Å². The minimum Gasteiger partial charge on any atom is -0.680 e. The van der Waals surface area contributed by atoms with Crippen molar-refractivity contribution in [3.05, 3.63) is 388 Å². The molecule has 0 aliphatic rings. The van der Waals surface area contributed by atoms with E-state index in [4.69, 9.17) is 0 Å². The minimum atomic E-state index is -4.42. The second-order valence-electron chi connectivity index (χ2n) is 24.2. The topological polar surface area (TPSA) is 0 Å². The van der Waals surface area contributed by atoms with Crippen LogP contribution in [0.5, 0.6) is 0 Å². The molecule has 0 saturated heterocycles. The Hall–Kier alpha value is -8.40. The van der Waals surface area contributed by atoms with E-state index in [-0.39, 0.29) is 34.1 Å². The quantitative estimate of drug-likeness (QED) is 0.0461. The molecule has 0 nitrogen and oxygen atoms in total. The average Bonchev–Trinajstić information content (AvgIpc) is 0.739. The molecule has 14 heteroatoms. The molecule has 0 bridgehead atoms. The maximum atomic E-state index is 10.2. The number of hydrogen-bond donors (Lipinski definition) is 0. The molecule has 0 heterocycles. The van der Waals surface area contributed by atoms with Crippen LogP contribution in [0.4, 0.5) is 26.3 Å². The first kappa shape index (κ1) is 76.7. The molecule has 0 radical (unpaired) electrons. The number of halogens is 6. The number of alkyl halides is 6. The molecule has 0 unspecified atom stereocenters. The first-order valence-electron chi connectivity index (χ1n) is 33.3. The van der Waals surface area contributed by atoms with Gasteiger partial charge >= 0.3 is 34.1 Å². The van der Waals surface area contributed by atoms with E-state index in [0.29, 0.717) is 0 Å². The van der Waals surface area contributed by atoms with Gasteiger partial charge in [-0.15, -0.1) is 0 Å². The monoisotopic (exact) mass is 1580 g/mol. The third kappa shape index (κ3) is 18.6. The van der Waals surface area contributed by atoms with Crippen LogP contribution in [0.25, 0.3) is 65.3 Å². The standard InChI is InChI=1S/2C44H32P2.2CHF3S.2Cu/c2*1-5-19-35(20-6-1)45(36-21-7-2-8-22-36)41-31-29-33-17-13-15-27-39(33)43(41)44-40-28-16-14-18-34(40)30-32-42(44)46(37-23-9-3-10-24-37)38-25-11-4-12-26-38;2*2-1(3,4)5;;/h2*1-32H;2*5H;;/q;;;;2*+1/p+2. The second-order valence-corrected chi connectivity index (χ2v) is 34.9. The molecule has 16 aromatic carbocycles. The van der Waals surface area contributed by atoms with Crippen LogP contribution in [0.3, 0.4) is 0 Å². The van der Waals surface area contributed by atoms with Gasteiger partial charge in [0.1, 0.15) is 63.7 Å². The summed E-state index contributed by atoms with van der Waals surface area (Å²) in [6.45, 7) is 0. The van der Waals surface area contributed by atoms with Crippen LogP contribution in [0.1, 0.15) is 0 Å². The van der Waals surface area contributed by atoms with Gasteiger partial charge in [-0.25, -0.2) is 0 Å². The van der Waals surface area contributed by atoms with E-state index >= 15 is 0 Å². The molecule has 0 fully saturated rings. The van der Waals surface area contributed by atoms with Crippen LogP contribution in [0, 0.1) is 0 Å². The van der Waals surface area contributed by atoms with Crippen LogP contribution >= 0.6 is 31.7 Å². The SMILES string of the molecule is FC(F)(F)[S-].FC(F)(F)[S-].[Cu+].[Cu+].c1ccc([PH+](c2ccccc2)c2ccc3ccccc3c2-c2c([PH+](c3ccccc3)c3ccccc3)ccc3ccccc23)cc1.c1ccc([PH+](c2ccccc2)c2ccc3ccccc3c2-c2c([PH+](c3ccccc3)c3ccccc3)ccc3ccccc23)cc1. The normalized spacial score (nSPS) is 11.3.